The molecule has 2 aliphatic rings. The van der Waals surface area contributed by atoms with Gasteiger partial charge >= 0.3 is 0 Å². The van der Waals surface area contributed by atoms with Crippen LogP contribution in [0.4, 0.5) is 0 Å². The normalized spacial score (nSPS) is 23.5. The molecule has 156 valence electrons. The second-order valence-corrected chi connectivity index (χ2v) is 10.7. The van der Waals surface area contributed by atoms with Crippen molar-refractivity contribution in [2.75, 3.05) is 18.1 Å². The van der Waals surface area contributed by atoms with E-state index in [1.165, 1.54) is 11.8 Å². The van der Waals surface area contributed by atoms with Gasteiger partial charge in [0.25, 0.3) is 0 Å². The fourth-order valence-corrected chi connectivity index (χ4v) is 5.80. The Balaban J connectivity index is 1.39. The first-order valence-electron chi connectivity index (χ1n) is 9.27. The summed E-state index contributed by atoms with van der Waals surface area (Å²) in [5.74, 6) is 1.87. The van der Waals surface area contributed by atoms with E-state index in [0.717, 1.165) is 0 Å². The van der Waals surface area contributed by atoms with Crippen molar-refractivity contribution in [2.24, 2.45) is 7.05 Å². The zero-order valence-corrected chi connectivity index (χ0v) is 17.7. The van der Waals surface area contributed by atoms with E-state index >= 15 is 0 Å². The van der Waals surface area contributed by atoms with Gasteiger partial charge in [0.2, 0.25) is 5.91 Å². The van der Waals surface area contributed by atoms with Crippen LogP contribution in [0.1, 0.15) is 25.3 Å². The lowest BCUT2D eigenvalue weighted by molar-refractivity contribution is -0.120. The van der Waals surface area contributed by atoms with Gasteiger partial charge in [0.05, 0.1) is 16.8 Å². The standard InChI is InChI=1S/C18H22N4O5S2/c1-11(17(23)19-12-7-8-29(24,25)10-12)28-18-21-20-16(22(18)2)15-9-26-13-5-3-4-6-14(13)27-15/h3-6,11-12,15H,7-10H2,1-2H3,(H,19,23)/t11-,12-,15+/m0/s1. The molecule has 2 aliphatic heterocycles. The van der Waals surface area contributed by atoms with Gasteiger partial charge in [-0.3, -0.25) is 4.79 Å². The van der Waals surface area contributed by atoms with Gasteiger partial charge in [-0.25, -0.2) is 8.42 Å². The summed E-state index contributed by atoms with van der Waals surface area (Å²) in [6.45, 7) is 2.08. The van der Waals surface area contributed by atoms with Crippen LogP contribution in [0.15, 0.2) is 29.4 Å². The number of carbonyl (C=O) groups is 1. The van der Waals surface area contributed by atoms with E-state index in [1.54, 1.807) is 11.5 Å². The van der Waals surface area contributed by atoms with E-state index in [9.17, 15) is 13.2 Å². The lowest BCUT2D eigenvalue weighted by Crippen LogP contribution is -2.40. The third kappa shape index (κ3) is 4.35. The van der Waals surface area contributed by atoms with Crippen molar-refractivity contribution < 1.29 is 22.7 Å². The highest BCUT2D eigenvalue weighted by Gasteiger charge is 2.31. The van der Waals surface area contributed by atoms with E-state index in [4.69, 9.17) is 9.47 Å². The number of hydrogen-bond donors (Lipinski definition) is 1. The molecule has 1 amide bonds. The van der Waals surface area contributed by atoms with Gasteiger partial charge in [0, 0.05) is 13.1 Å². The van der Waals surface area contributed by atoms with E-state index in [-0.39, 0.29) is 23.5 Å². The van der Waals surface area contributed by atoms with E-state index in [0.29, 0.717) is 35.5 Å². The molecular weight excluding hydrogens is 416 g/mol. The number of ether oxygens (including phenoxy) is 2. The lowest BCUT2D eigenvalue weighted by Gasteiger charge is -2.25. The Morgan fingerprint density at radius 2 is 2.07 bits per heavy atom. The molecule has 0 spiro atoms. The zero-order chi connectivity index (χ0) is 20.6. The van der Waals surface area contributed by atoms with Gasteiger partial charge < -0.3 is 19.4 Å². The maximum Gasteiger partial charge on any atom is 0.233 e. The van der Waals surface area contributed by atoms with Crippen molar-refractivity contribution in [2.45, 2.75) is 35.9 Å². The Morgan fingerprint density at radius 1 is 1.31 bits per heavy atom. The SMILES string of the molecule is C[C@H](Sc1nnc([C@H]2COc3ccccc3O2)n1C)C(=O)N[C@H]1CCS(=O)(=O)C1. The fourth-order valence-electron chi connectivity index (χ4n) is 3.29. The Hall–Kier alpha value is -2.27. The average molecular weight is 439 g/mol. The highest BCUT2D eigenvalue weighted by Crippen LogP contribution is 2.36. The molecule has 1 fully saturated rings. The molecule has 0 unspecified atom stereocenters. The summed E-state index contributed by atoms with van der Waals surface area (Å²) >= 11 is 1.26. The van der Waals surface area contributed by atoms with Crippen LogP contribution in [0.25, 0.3) is 0 Å². The Labute approximate surface area is 173 Å². The van der Waals surface area contributed by atoms with Crippen molar-refractivity contribution in [1.82, 2.24) is 20.1 Å². The van der Waals surface area contributed by atoms with Gasteiger partial charge in [-0.05, 0) is 25.5 Å². The number of carbonyl (C=O) groups excluding carboxylic acids is 1. The molecule has 3 heterocycles. The first kappa shape index (κ1) is 20.0. The largest absolute Gasteiger partial charge is 0.485 e. The predicted octanol–water partition coefficient (Wildman–Crippen LogP) is 1.11. The second kappa shape index (κ2) is 7.86. The molecule has 1 N–H and O–H groups in total. The highest BCUT2D eigenvalue weighted by molar-refractivity contribution is 8.00. The number of thioether (sulfide) groups is 1. The molecule has 0 aliphatic carbocycles. The maximum absolute atomic E-state index is 12.4. The van der Waals surface area contributed by atoms with Gasteiger partial charge in [-0.2, -0.15) is 0 Å². The predicted molar refractivity (Wildman–Crippen MR) is 107 cm³/mol. The third-order valence-corrected chi connectivity index (χ3v) is 7.80. The number of hydrogen-bond acceptors (Lipinski definition) is 8. The number of rotatable bonds is 5. The smallest absolute Gasteiger partial charge is 0.233 e. The molecule has 1 saturated heterocycles. The summed E-state index contributed by atoms with van der Waals surface area (Å²) in [5, 5.41) is 11.4. The lowest BCUT2D eigenvalue weighted by atomic mass is 10.2. The average Bonchev–Trinajstić information content (AvgIpc) is 3.23. The fraction of sp³-hybridized carbons (Fsp3) is 0.500. The summed E-state index contributed by atoms with van der Waals surface area (Å²) in [4.78, 5) is 12.4. The molecule has 0 radical (unpaired) electrons. The molecule has 9 nitrogen and oxygen atoms in total. The third-order valence-electron chi connectivity index (χ3n) is 4.90. The molecule has 1 aromatic carbocycles. The van der Waals surface area contributed by atoms with Crippen LogP contribution >= 0.6 is 11.8 Å². The zero-order valence-electron chi connectivity index (χ0n) is 16.1. The maximum atomic E-state index is 12.4. The van der Waals surface area contributed by atoms with Crippen molar-refractivity contribution >= 4 is 27.5 Å². The number of nitrogens with one attached hydrogen (secondary N) is 1. The first-order valence-corrected chi connectivity index (χ1v) is 12.0. The van der Waals surface area contributed by atoms with Crippen LogP contribution < -0.4 is 14.8 Å². The van der Waals surface area contributed by atoms with Crippen LogP contribution in [0, 0.1) is 0 Å². The van der Waals surface area contributed by atoms with Crippen molar-refractivity contribution in [3.63, 3.8) is 0 Å². The monoisotopic (exact) mass is 438 g/mol. The van der Waals surface area contributed by atoms with Crippen molar-refractivity contribution in [1.29, 1.82) is 0 Å². The van der Waals surface area contributed by atoms with E-state index < -0.39 is 21.2 Å². The molecule has 3 atom stereocenters. The minimum Gasteiger partial charge on any atom is -0.485 e. The number of nitrogens with zero attached hydrogens (tertiary/aromatic N) is 3. The molecule has 0 bridgehead atoms. The Bertz CT molecular complexity index is 1020. The number of amides is 1. The molecule has 0 saturated carbocycles. The number of fused-ring (bicyclic) bond motifs is 1. The van der Waals surface area contributed by atoms with Gasteiger partial charge in [-0.15, -0.1) is 10.2 Å². The molecule has 4 rings (SSSR count). The molecule has 29 heavy (non-hydrogen) atoms. The molecule has 1 aromatic heterocycles. The minimum atomic E-state index is -3.04. The summed E-state index contributed by atoms with van der Waals surface area (Å²) < 4.78 is 36.6. The number of sulfone groups is 1. The highest BCUT2D eigenvalue weighted by atomic mass is 32.2. The summed E-state index contributed by atoms with van der Waals surface area (Å²) in [7, 11) is -1.22. The van der Waals surface area contributed by atoms with Crippen LogP contribution in [0.3, 0.4) is 0 Å². The summed E-state index contributed by atoms with van der Waals surface area (Å²) in [6, 6.07) is 7.12. The van der Waals surface area contributed by atoms with Crippen molar-refractivity contribution in [3.05, 3.63) is 30.1 Å². The van der Waals surface area contributed by atoms with Crippen LogP contribution in [-0.4, -0.2) is 58.5 Å². The molecule has 11 heteroatoms. The number of aromatic nitrogens is 3. The van der Waals surface area contributed by atoms with Gasteiger partial charge in [0.1, 0.15) is 6.61 Å². The van der Waals surface area contributed by atoms with Crippen molar-refractivity contribution in [3.8, 4) is 11.5 Å². The van der Waals surface area contributed by atoms with Gasteiger partial charge in [-0.1, -0.05) is 23.9 Å². The second-order valence-electron chi connectivity index (χ2n) is 7.13. The van der Waals surface area contributed by atoms with Crippen LogP contribution in [0.5, 0.6) is 11.5 Å². The molecule has 2 aromatic rings. The summed E-state index contributed by atoms with van der Waals surface area (Å²) in [6.07, 6.45) is 0.0599. The molecular formula is C18H22N4O5S2. The Morgan fingerprint density at radius 3 is 2.79 bits per heavy atom. The number of benzene rings is 1. The van der Waals surface area contributed by atoms with E-state index in [1.807, 2.05) is 31.3 Å². The summed E-state index contributed by atoms with van der Waals surface area (Å²) in [5.41, 5.74) is 0. The first-order chi connectivity index (χ1) is 13.8. The van der Waals surface area contributed by atoms with Gasteiger partial charge in [0.15, 0.2) is 38.4 Å². The van der Waals surface area contributed by atoms with Crippen LogP contribution in [0.2, 0.25) is 0 Å². The quantitative estimate of drug-likeness (QED) is 0.691. The minimum absolute atomic E-state index is 0.00469. The Kier molecular flexibility index (Phi) is 5.43. The van der Waals surface area contributed by atoms with E-state index in [2.05, 4.69) is 15.5 Å². The van der Waals surface area contributed by atoms with Crippen LogP contribution in [-0.2, 0) is 21.7 Å². The topological polar surface area (TPSA) is 112 Å². The number of para-hydroxylation sites is 2.